The van der Waals surface area contributed by atoms with E-state index in [9.17, 15) is 0 Å². The molecule has 1 fully saturated rings. The molecule has 2 aromatic rings. The van der Waals surface area contributed by atoms with Gasteiger partial charge in [0, 0.05) is 18.7 Å². The fraction of sp³-hybridized carbons (Fsp3) is 0.625. The van der Waals surface area contributed by atoms with Gasteiger partial charge in [-0.1, -0.05) is 6.92 Å². The lowest BCUT2D eigenvalue weighted by atomic mass is 9.98. The smallest absolute Gasteiger partial charge is 0.160 e. The zero-order chi connectivity index (χ0) is 14.1. The highest BCUT2D eigenvalue weighted by molar-refractivity contribution is 5.75. The van der Waals surface area contributed by atoms with E-state index in [1.165, 1.54) is 24.2 Å². The quantitative estimate of drug-likeness (QED) is 0.934. The summed E-state index contributed by atoms with van der Waals surface area (Å²) >= 11 is 0. The van der Waals surface area contributed by atoms with Crippen LogP contribution in [-0.2, 0) is 13.0 Å². The number of piperidine rings is 1. The Morgan fingerprint density at radius 2 is 2.00 bits per heavy atom. The molecule has 0 bridgehead atoms. The Balaban J connectivity index is 2.02. The summed E-state index contributed by atoms with van der Waals surface area (Å²) in [4.78, 5) is 9.58. The number of nitrogens with one attached hydrogen (secondary N) is 1. The van der Waals surface area contributed by atoms with Crippen molar-refractivity contribution in [3.8, 4) is 0 Å². The number of aryl methyl sites for hydroxylation is 3. The molecule has 1 saturated heterocycles. The van der Waals surface area contributed by atoms with Crippen LogP contribution in [0.5, 0.6) is 0 Å². The van der Waals surface area contributed by atoms with Crippen molar-refractivity contribution in [2.75, 3.05) is 13.1 Å². The lowest BCUT2D eigenvalue weighted by molar-refractivity contribution is 0.332. The second kappa shape index (κ2) is 5.52. The minimum Gasteiger partial charge on any atom is -0.317 e. The van der Waals surface area contributed by atoms with Crippen LogP contribution in [0.3, 0.4) is 0 Å². The average Bonchev–Trinajstić information content (AvgIpc) is 2.78. The van der Waals surface area contributed by atoms with Gasteiger partial charge >= 0.3 is 0 Å². The first-order valence-corrected chi connectivity index (χ1v) is 7.73. The van der Waals surface area contributed by atoms with Gasteiger partial charge in [-0.25, -0.2) is 9.97 Å². The van der Waals surface area contributed by atoms with Crippen LogP contribution >= 0.6 is 0 Å². The van der Waals surface area contributed by atoms with Crippen LogP contribution in [-0.4, -0.2) is 27.6 Å². The Morgan fingerprint density at radius 1 is 1.25 bits per heavy atom. The molecule has 0 saturated carbocycles. The standard InChI is InChI=1S/C16H24N4/c1-4-14-19-15-11(2)9-12(3)18-16(15)20(14)10-13-5-7-17-8-6-13/h9,13,17H,4-8,10H2,1-3H3. The van der Waals surface area contributed by atoms with E-state index in [0.29, 0.717) is 0 Å². The molecule has 0 unspecified atom stereocenters. The second-order valence-corrected chi connectivity index (χ2v) is 5.94. The number of rotatable bonds is 3. The first-order valence-electron chi connectivity index (χ1n) is 7.73. The number of imidazole rings is 1. The zero-order valence-corrected chi connectivity index (χ0v) is 12.7. The van der Waals surface area contributed by atoms with Gasteiger partial charge in [-0.15, -0.1) is 0 Å². The zero-order valence-electron chi connectivity index (χ0n) is 12.7. The van der Waals surface area contributed by atoms with Crippen molar-refractivity contribution in [2.45, 2.75) is 46.6 Å². The van der Waals surface area contributed by atoms with Crippen LogP contribution < -0.4 is 5.32 Å². The summed E-state index contributed by atoms with van der Waals surface area (Å²) < 4.78 is 2.37. The van der Waals surface area contributed by atoms with Crippen molar-refractivity contribution >= 4 is 11.2 Å². The van der Waals surface area contributed by atoms with E-state index in [2.05, 4.69) is 36.7 Å². The molecule has 0 aliphatic carbocycles. The van der Waals surface area contributed by atoms with E-state index in [4.69, 9.17) is 9.97 Å². The molecule has 0 aromatic carbocycles. The minimum absolute atomic E-state index is 0.751. The summed E-state index contributed by atoms with van der Waals surface area (Å²) in [6, 6.07) is 2.13. The predicted octanol–water partition coefficient (Wildman–Crippen LogP) is 2.61. The predicted molar refractivity (Wildman–Crippen MR) is 82.0 cm³/mol. The normalized spacial score (nSPS) is 16.9. The van der Waals surface area contributed by atoms with Crippen LogP contribution in [0.15, 0.2) is 6.07 Å². The van der Waals surface area contributed by atoms with Gasteiger partial charge in [0.05, 0.1) is 0 Å². The Kier molecular flexibility index (Phi) is 3.74. The van der Waals surface area contributed by atoms with Gasteiger partial charge in [0.1, 0.15) is 11.3 Å². The van der Waals surface area contributed by atoms with Crippen LogP contribution in [0.1, 0.15) is 36.8 Å². The maximum atomic E-state index is 4.82. The third-order valence-corrected chi connectivity index (χ3v) is 4.32. The monoisotopic (exact) mass is 272 g/mol. The molecule has 0 radical (unpaired) electrons. The van der Waals surface area contributed by atoms with Gasteiger partial charge in [0.25, 0.3) is 0 Å². The SMILES string of the molecule is CCc1nc2c(C)cc(C)nc2n1CC1CCNCC1. The molecule has 1 aliphatic heterocycles. The summed E-state index contributed by atoms with van der Waals surface area (Å²) in [5, 5.41) is 3.44. The van der Waals surface area contributed by atoms with E-state index in [1.807, 2.05) is 0 Å². The highest BCUT2D eigenvalue weighted by Gasteiger charge is 2.19. The largest absolute Gasteiger partial charge is 0.317 e. The molecule has 108 valence electrons. The minimum atomic E-state index is 0.751. The van der Waals surface area contributed by atoms with Crippen molar-refractivity contribution in [2.24, 2.45) is 5.92 Å². The molecule has 1 aliphatic rings. The Labute approximate surface area is 120 Å². The lowest BCUT2D eigenvalue weighted by Crippen LogP contribution is -2.30. The Bertz CT molecular complexity index is 608. The summed E-state index contributed by atoms with van der Waals surface area (Å²) in [6.07, 6.45) is 3.49. The fourth-order valence-corrected chi connectivity index (χ4v) is 3.23. The lowest BCUT2D eigenvalue weighted by Gasteiger charge is -2.23. The van der Waals surface area contributed by atoms with Crippen molar-refractivity contribution in [1.82, 2.24) is 19.9 Å². The number of aromatic nitrogens is 3. The maximum absolute atomic E-state index is 4.82. The van der Waals surface area contributed by atoms with Gasteiger partial charge in [-0.05, 0) is 57.3 Å². The summed E-state index contributed by atoms with van der Waals surface area (Å²) in [7, 11) is 0. The van der Waals surface area contributed by atoms with Crippen LogP contribution in [0.4, 0.5) is 0 Å². The molecule has 20 heavy (non-hydrogen) atoms. The van der Waals surface area contributed by atoms with E-state index >= 15 is 0 Å². The van der Waals surface area contributed by atoms with Crippen LogP contribution in [0.2, 0.25) is 0 Å². The number of hydrogen-bond acceptors (Lipinski definition) is 3. The molecule has 2 aromatic heterocycles. The molecule has 1 N–H and O–H groups in total. The molecule has 3 rings (SSSR count). The summed E-state index contributed by atoms with van der Waals surface area (Å²) in [5.41, 5.74) is 4.50. The average molecular weight is 272 g/mol. The number of nitrogens with zero attached hydrogens (tertiary/aromatic N) is 3. The van der Waals surface area contributed by atoms with E-state index < -0.39 is 0 Å². The molecule has 4 heteroatoms. The number of fused-ring (bicyclic) bond motifs is 1. The topological polar surface area (TPSA) is 42.7 Å². The van der Waals surface area contributed by atoms with E-state index in [0.717, 1.165) is 48.8 Å². The maximum Gasteiger partial charge on any atom is 0.160 e. The molecule has 0 atom stereocenters. The highest BCUT2D eigenvalue weighted by Crippen LogP contribution is 2.23. The van der Waals surface area contributed by atoms with Gasteiger partial charge in [-0.2, -0.15) is 0 Å². The van der Waals surface area contributed by atoms with Gasteiger partial charge in [0.15, 0.2) is 5.65 Å². The first kappa shape index (κ1) is 13.6. The van der Waals surface area contributed by atoms with E-state index in [-0.39, 0.29) is 0 Å². The van der Waals surface area contributed by atoms with Crippen molar-refractivity contribution in [3.63, 3.8) is 0 Å². The van der Waals surface area contributed by atoms with Gasteiger partial charge in [0.2, 0.25) is 0 Å². The van der Waals surface area contributed by atoms with Crippen molar-refractivity contribution in [3.05, 3.63) is 23.1 Å². The van der Waals surface area contributed by atoms with Crippen molar-refractivity contribution in [1.29, 1.82) is 0 Å². The molecule has 0 amide bonds. The Hall–Kier alpha value is -1.42. The number of pyridine rings is 1. The van der Waals surface area contributed by atoms with Gasteiger partial charge < -0.3 is 9.88 Å². The highest BCUT2D eigenvalue weighted by atomic mass is 15.1. The van der Waals surface area contributed by atoms with Gasteiger partial charge in [-0.3, -0.25) is 0 Å². The molecular weight excluding hydrogens is 248 g/mol. The van der Waals surface area contributed by atoms with Crippen LogP contribution in [0.25, 0.3) is 11.2 Å². The first-order chi connectivity index (χ1) is 9.69. The van der Waals surface area contributed by atoms with E-state index in [1.54, 1.807) is 0 Å². The Morgan fingerprint density at radius 3 is 2.70 bits per heavy atom. The third-order valence-electron chi connectivity index (χ3n) is 4.32. The summed E-state index contributed by atoms with van der Waals surface area (Å²) in [5.74, 6) is 1.93. The molecular formula is C16H24N4. The van der Waals surface area contributed by atoms with Crippen molar-refractivity contribution < 1.29 is 0 Å². The molecule has 0 spiro atoms. The van der Waals surface area contributed by atoms with Crippen LogP contribution in [0, 0.1) is 19.8 Å². The number of hydrogen-bond donors (Lipinski definition) is 1. The summed E-state index contributed by atoms with van der Waals surface area (Å²) in [6.45, 7) is 9.74. The molecule has 3 heterocycles. The molecule has 4 nitrogen and oxygen atoms in total. The fourth-order valence-electron chi connectivity index (χ4n) is 3.23. The second-order valence-electron chi connectivity index (χ2n) is 5.94. The third kappa shape index (κ3) is 2.44.